The minimum Gasteiger partial charge on any atom is -0.306 e. The van der Waals surface area contributed by atoms with Crippen molar-refractivity contribution < 1.29 is 4.79 Å². The normalized spacial score (nSPS) is 13.4. The van der Waals surface area contributed by atoms with Crippen molar-refractivity contribution >= 4 is 51.2 Å². The number of carbonyl (C=O) groups is 1. The molecule has 0 radical (unpaired) electrons. The zero-order chi connectivity index (χ0) is 24.5. The van der Waals surface area contributed by atoms with Gasteiger partial charge in [0, 0.05) is 27.1 Å². The van der Waals surface area contributed by atoms with Gasteiger partial charge >= 0.3 is 0 Å². The minimum absolute atomic E-state index is 0.114. The van der Waals surface area contributed by atoms with Gasteiger partial charge in [0.05, 0.1) is 34.0 Å². The molecule has 0 fully saturated rings. The molecule has 0 amide bonds. The molecule has 0 spiro atoms. The maximum atomic E-state index is 14.1. The summed E-state index contributed by atoms with van der Waals surface area (Å²) in [6.07, 6.45) is 0. The first kappa shape index (κ1) is 20.5. The van der Waals surface area contributed by atoms with Crippen LogP contribution in [0.5, 0.6) is 0 Å². The Morgan fingerprint density at radius 1 is 0.514 bits per heavy atom. The van der Waals surface area contributed by atoms with Crippen LogP contribution in [0.1, 0.15) is 15.9 Å². The SMILES string of the molecule is O=C1c2c3cccccc-3cc2-c2scc(N3c4ccccc4N(c4ccccc4)c4ccccc43)c21. The monoisotopic (exact) mass is 492 g/mol. The van der Waals surface area contributed by atoms with Gasteiger partial charge in [0.1, 0.15) is 0 Å². The second kappa shape index (κ2) is 7.66. The first-order chi connectivity index (χ1) is 18.3. The van der Waals surface area contributed by atoms with Gasteiger partial charge in [0.15, 0.2) is 5.78 Å². The van der Waals surface area contributed by atoms with Crippen LogP contribution in [0.2, 0.25) is 0 Å². The number of carbonyl (C=O) groups excluding carboxylic acids is 1. The summed E-state index contributed by atoms with van der Waals surface area (Å²) >= 11 is 1.66. The summed E-state index contributed by atoms with van der Waals surface area (Å²) in [7, 11) is 0. The maximum absolute atomic E-state index is 14.1. The number of ketones is 1. The lowest BCUT2D eigenvalue weighted by atomic mass is 10.0. The van der Waals surface area contributed by atoms with Crippen LogP contribution in [0.15, 0.2) is 121 Å². The second-order valence-corrected chi connectivity index (χ2v) is 10.2. The van der Waals surface area contributed by atoms with Gasteiger partial charge < -0.3 is 9.80 Å². The summed E-state index contributed by atoms with van der Waals surface area (Å²) in [5.41, 5.74) is 11.2. The van der Waals surface area contributed by atoms with Crippen LogP contribution in [-0.2, 0) is 0 Å². The molecule has 3 aromatic carbocycles. The first-order valence-corrected chi connectivity index (χ1v) is 13.2. The number of nitrogens with zero attached hydrogens (tertiary/aromatic N) is 2. The number of thiophene rings is 1. The molecule has 1 aliphatic heterocycles. The fourth-order valence-corrected chi connectivity index (χ4v) is 6.88. The maximum Gasteiger partial charge on any atom is 0.197 e. The predicted molar refractivity (Wildman–Crippen MR) is 153 cm³/mol. The van der Waals surface area contributed by atoms with Crippen molar-refractivity contribution in [3.8, 4) is 21.6 Å². The summed E-state index contributed by atoms with van der Waals surface area (Å²) in [5, 5.41) is 2.15. The molecule has 174 valence electrons. The van der Waals surface area contributed by atoms with E-state index in [-0.39, 0.29) is 5.78 Å². The highest BCUT2D eigenvalue weighted by Gasteiger charge is 2.39. The number of rotatable bonds is 2. The number of anilines is 6. The molecule has 3 nitrogen and oxygen atoms in total. The van der Waals surface area contributed by atoms with Gasteiger partial charge in [-0.1, -0.05) is 72.8 Å². The highest BCUT2D eigenvalue weighted by atomic mass is 32.1. The highest BCUT2D eigenvalue weighted by molar-refractivity contribution is 7.15. The van der Waals surface area contributed by atoms with Crippen LogP contribution < -0.4 is 9.80 Å². The molecule has 0 saturated carbocycles. The fraction of sp³-hybridized carbons (Fsp3) is 0. The summed E-state index contributed by atoms with van der Waals surface area (Å²) in [6.45, 7) is 0. The number of fused-ring (bicyclic) bond motifs is 7. The van der Waals surface area contributed by atoms with E-state index in [0.717, 1.165) is 66.8 Å². The second-order valence-electron chi connectivity index (χ2n) is 9.35. The summed E-state index contributed by atoms with van der Waals surface area (Å²) in [6, 6.07) is 39.7. The smallest absolute Gasteiger partial charge is 0.197 e. The lowest BCUT2D eigenvalue weighted by molar-refractivity contribution is 0.104. The molecule has 4 heteroatoms. The van der Waals surface area contributed by atoms with Gasteiger partial charge in [-0.25, -0.2) is 0 Å². The van der Waals surface area contributed by atoms with E-state index in [0.29, 0.717) is 0 Å². The average molecular weight is 493 g/mol. The summed E-state index contributed by atoms with van der Waals surface area (Å²) in [5.74, 6) is 0.114. The van der Waals surface area contributed by atoms with Crippen LogP contribution in [0.25, 0.3) is 21.6 Å². The van der Waals surface area contributed by atoms with E-state index in [9.17, 15) is 4.79 Å². The molecule has 0 atom stereocenters. The van der Waals surface area contributed by atoms with E-state index in [4.69, 9.17) is 0 Å². The molecule has 0 bridgehead atoms. The third kappa shape index (κ3) is 2.79. The molecule has 37 heavy (non-hydrogen) atoms. The van der Waals surface area contributed by atoms with E-state index in [2.05, 4.69) is 106 Å². The topological polar surface area (TPSA) is 23.6 Å². The molecule has 4 aliphatic rings. The molecule has 4 aromatic rings. The number of hydrogen-bond acceptors (Lipinski definition) is 4. The van der Waals surface area contributed by atoms with E-state index < -0.39 is 0 Å². The number of hydrogen-bond donors (Lipinski definition) is 0. The Kier molecular flexibility index (Phi) is 4.25. The summed E-state index contributed by atoms with van der Waals surface area (Å²) in [4.78, 5) is 19.7. The molecular formula is C33H20N2OS. The van der Waals surface area contributed by atoms with Crippen molar-refractivity contribution in [3.05, 3.63) is 132 Å². The molecule has 0 N–H and O–H groups in total. The minimum atomic E-state index is 0.114. The van der Waals surface area contributed by atoms with Crippen LogP contribution >= 0.6 is 11.3 Å². The zero-order valence-corrected chi connectivity index (χ0v) is 20.6. The third-order valence-electron chi connectivity index (χ3n) is 7.36. The quantitative estimate of drug-likeness (QED) is 0.240. The zero-order valence-electron chi connectivity index (χ0n) is 19.8. The Bertz CT molecular complexity index is 1770. The van der Waals surface area contributed by atoms with Crippen LogP contribution in [0, 0.1) is 0 Å². The molecule has 0 unspecified atom stereocenters. The fourth-order valence-electron chi connectivity index (χ4n) is 5.83. The molecule has 1 aromatic heterocycles. The van der Waals surface area contributed by atoms with Crippen molar-refractivity contribution in [1.29, 1.82) is 0 Å². The van der Waals surface area contributed by atoms with Crippen molar-refractivity contribution in [3.63, 3.8) is 0 Å². The van der Waals surface area contributed by atoms with Gasteiger partial charge in [-0.2, -0.15) is 0 Å². The average Bonchev–Trinajstić information content (AvgIpc) is 3.54. The van der Waals surface area contributed by atoms with Gasteiger partial charge in [-0.15, -0.1) is 11.3 Å². The van der Waals surface area contributed by atoms with Gasteiger partial charge in [-0.05, 0) is 53.6 Å². The van der Waals surface area contributed by atoms with E-state index >= 15 is 0 Å². The molecule has 8 rings (SSSR count). The standard InChI is InChI=1S/C33H20N2OS/c36-32-30-23-14-6-1-3-11-21(23)19-24(30)33-31(32)29(20-37-33)35-27-17-9-7-15-25(27)34(22-12-4-2-5-13-22)26-16-8-10-18-28(26)35/h1-20H. The van der Waals surface area contributed by atoms with Crippen LogP contribution in [0.3, 0.4) is 0 Å². The Hall–Kier alpha value is -4.67. The predicted octanol–water partition coefficient (Wildman–Crippen LogP) is 9.32. The van der Waals surface area contributed by atoms with E-state index in [1.165, 1.54) is 0 Å². The van der Waals surface area contributed by atoms with Gasteiger partial charge in [-0.3, -0.25) is 4.79 Å². The van der Waals surface area contributed by atoms with Crippen molar-refractivity contribution in [1.82, 2.24) is 0 Å². The highest BCUT2D eigenvalue weighted by Crippen LogP contribution is 2.58. The molecule has 2 heterocycles. The lowest BCUT2D eigenvalue weighted by Gasteiger charge is -2.40. The Morgan fingerprint density at radius 2 is 1.08 bits per heavy atom. The van der Waals surface area contributed by atoms with Crippen LogP contribution in [-0.4, -0.2) is 5.78 Å². The first-order valence-electron chi connectivity index (χ1n) is 12.3. The van der Waals surface area contributed by atoms with E-state index in [1.54, 1.807) is 11.3 Å². The van der Waals surface area contributed by atoms with Crippen molar-refractivity contribution in [2.45, 2.75) is 0 Å². The van der Waals surface area contributed by atoms with Crippen molar-refractivity contribution in [2.24, 2.45) is 0 Å². The summed E-state index contributed by atoms with van der Waals surface area (Å²) < 4.78 is 0. The third-order valence-corrected chi connectivity index (χ3v) is 8.36. The Morgan fingerprint density at radius 3 is 1.76 bits per heavy atom. The van der Waals surface area contributed by atoms with Crippen molar-refractivity contribution in [2.75, 3.05) is 9.80 Å². The van der Waals surface area contributed by atoms with E-state index in [1.807, 2.05) is 24.3 Å². The van der Waals surface area contributed by atoms with Gasteiger partial charge in [0.2, 0.25) is 0 Å². The lowest BCUT2D eigenvalue weighted by Crippen LogP contribution is -2.24. The Labute approximate surface area is 218 Å². The molecule has 3 aliphatic carbocycles. The largest absolute Gasteiger partial charge is 0.306 e. The van der Waals surface area contributed by atoms with Gasteiger partial charge in [0.25, 0.3) is 0 Å². The molecule has 0 saturated heterocycles. The number of benzene rings is 3. The van der Waals surface area contributed by atoms with Crippen LogP contribution in [0.4, 0.5) is 34.1 Å². The Balaban J connectivity index is 1.36. The number of para-hydroxylation sites is 5. The molecular weight excluding hydrogens is 472 g/mol.